The van der Waals surface area contributed by atoms with Crippen molar-refractivity contribution in [2.24, 2.45) is 0 Å². The Labute approximate surface area is 200 Å². The lowest BCUT2D eigenvalue weighted by molar-refractivity contribution is -0.123. The second kappa shape index (κ2) is 11.5. The minimum atomic E-state index is -3.10. The van der Waals surface area contributed by atoms with Crippen LogP contribution in [-0.2, 0) is 14.6 Å². The van der Waals surface area contributed by atoms with Gasteiger partial charge in [0, 0.05) is 0 Å². The highest BCUT2D eigenvalue weighted by Crippen LogP contribution is 2.37. The molecule has 0 aliphatic carbocycles. The fourth-order valence-electron chi connectivity index (χ4n) is 3.88. The standard InChI is InChI=1S/C23H31NO5S3/c1-3-4-5-6-7-8-12-29-19-10-9-17(14-20(19)28-2)15-21-22(25)24(23(30)31-21)18-11-13-32(26,27)16-18/h9-10,14-15,18H,3-8,11-13,16H2,1-2H3/b21-15+/t18-/m1/s1. The average Bonchev–Trinajstić information content (AvgIpc) is 3.25. The summed E-state index contributed by atoms with van der Waals surface area (Å²) in [5, 5.41) is 0. The van der Waals surface area contributed by atoms with Gasteiger partial charge in [0.15, 0.2) is 21.3 Å². The molecule has 1 amide bonds. The van der Waals surface area contributed by atoms with Gasteiger partial charge in [-0.2, -0.15) is 0 Å². The molecular weight excluding hydrogens is 466 g/mol. The van der Waals surface area contributed by atoms with Crippen molar-refractivity contribution in [1.29, 1.82) is 0 Å². The number of benzene rings is 1. The van der Waals surface area contributed by atoms with E-state index in [0.29, 0.717) is 33.8 Å². The Morgan fingerprint density at radius 3 is 2.62 bits per heavy atom. The predicted molar refractivity (Wildman–Crippen MR) is 134 cm³/mol. The second-order valence-corrected chi connectivity index (χ2v) is 12.0. The van der Waals surface area contributed by atoms with Crippen molar-refractivity contribution in [3.05, 3.63) is 28.7 Å². The summed E-state index contributed by atoms with van der Waals surface area (Å²) in [6, 6.07) is 5.20. The quantitative estimate of drug-likeness (QED) is 0.246. The number of sulfone groups is 1. The van der Waals surface area contributed by atoms with Crippen LogP contribution in [0.2, 0.25) is 0 Å². The summed E-state index contributed by atoms with van der Waals surface area (Å²) in [5.74, 6) is 1.14. The van der Waals surface area contributed by atoms with Gasteiger partial charge in [-0.25, -0.2) is 8.42 Å². The van der Waals surface area contributed by atoms with Crippen LogP contribution in [0.25, 0.3) is 6.08 Å². The molecular formula is C23H31NO5S3. The number of unbranched alkanes of at least 4 members (excludes halogenated alkanes) is 5. The van der Waals surface area contributed by atoms with Crippen LogP contribution in [0.5, 0.6) is 11.5 Å². The Bertz CT molecular complexity index is 974. The SMILES string of the molecule is CCCCCCCCOc1ccc(/C=C2/SC(=S)N([C@@H]3CCS(=O)(=O)C3)C2=O)cc1OC. The summed E-state index contributed by atoms with van der Waals surface area (Å²) >= 11 is 6.58. The summed E-state index contributed by atoms with van der Waals surface area (Å²) in [6.07, 6.45) is 9.40. The molecule has 9 heteroatoms. The van der Waals surface area contributed by atoms with Gasteiger partial charge in [-0.3, -0.25) is 9.69 Å². The summed E-state index contributed by atoms with van der Waals surface area (Å²) in [5.41, 5.74) is 0.799. The van der Waals surface area contributed by atoms with E-state index in [9.17, 15) is 13.2 Å². The molecule has 1 aromatic carbocycles. The molecule has 0 unspecified atom stereocenters. The van der Waals surface area contributed by atoms with Crippen molar-refractivity contribution in [3.63, 3.8) is 0 Å². The van der Waals surface area contributed by atoms with Gasteiger partial charge in [0.05, 0.1) is 36.2 Å². The van der Waals surface area contributed by atoms with Gasteiger partial charge < -0.3 is 9.47 Å². The van der Waals surface area contributed by atoms with Crippen LogP contribution in [0.4, 0.5) is 0 Å². The lowest BCUT2D eigenvalue weighted by Crippen LogP contribution is -2.39. The predicted octanol–water partition coefficient (Wildman–Crippen LogP) is 4.82. The Kier molecular flexibility index (Phi) is 9.02. The van der Waals surface area contributed by atoms with E-state index >= 15 is 0 Å². The molecule has 2 heterocycles. The number of amides is 1. The molecule has 1 atom stereocenters. The summed E-state index contributed by atoms with van der Waals surface area (Å²) in [4.78, 5) is 14.9. The van der Waals surface area contributed by atoms with E-state index in [0.717, 1.165) is 18.4 Å². The number of carbonyl (C=O) groups is 1. The topological polar surface area (TPSA) is 72.9 Å². The number of rotatable bonds is 11. The van der Waals surface area contributed by atoms with E-state index in [2.05, 4.69) is 6.92 Å². The number of hydrogen-bond donors (Lipinski definition) is 0. The van der Waals surface area contributed by atoms with Gasteiger partial charge in [-0.15, -0.1) is 0 Å². The van der Waals surface area contributed by atoms with Crippen molar-refractivity contribution in [2.75, 3.05) is 25.2 Å². The smallest absolute Gasteiger partial charge is 0.266 e. The van der Waals surface area contributed by atoms with Gasteiger partial charge >= 0.3 is 0 Å². The first-order valence-corrected chi connectivity index (χ1v) is 14.2. The maximum absolute atomic E-state index is 12.9. The first-order valence-electron chi connectivity index (χ1n) is 11.1. The van der Waals surface area contributed by atoms with Crippen molar-refractivity contribution in [1.82, 2.24) is 4.90 Å². The fourth-order valence-corrected chi connectivity index (χ4v) is 6.98. The molecule has 1 aromatic rings. The third-order valence-electron chi connectivity index (χ3n) is 5.64. The molecule has 0 aromatic heterocycles. The number of methoxy groups -OCH3 is 1. The van der Waals surface area contributed by atoms with E-state index in [1.165, 1.54) is 42.3 Å². The zero-order valence-corrected chi connectivity index (χ0v) is 21.1. The monoisotopic (exact) mass is 497 g/mol. The zero-order chi connectivity index (χ0) is 23.1. The molecule has 6 nitrogen and oxygen atoms in total. The van der Waals surface area contributed by atoms with Crippen molar-refractivity contribution in [3.8, 4) is 11.5 Å². The number of carbonyl (C=O) groups excluding carboxylic acids is 1. The van der Waals surface area contributed by atoms with Gasteiger partial charge in [0.25, 0.3) is 5.91 Å². The average molecular weight is 498 g/mol. The number of thiocarbonyl (C=S) groups is 1. The van der Waals surface area contributed by atoms with Crippen LogP contribution in [0.1, 0.15) is 57.4 Å². The van der Waals surface area contributed by atoms with Crippen LogP contribution in [0.3, 0.4) is 0 Å². The Hall–Kier alpha value is -1.58. The van der Waals surface area contributed by atoms with E-state index in [1.54, 1.807) is 13.2 Å². The van der Waals surface area contributed by atoms with Crippen LogP contribution in [-0.4, -0.2) is 54.8 Å². The Balaban J connectivity index is 1.62. The van der Waals surface area contributed by atoms with Crippen LogP contribution in [0.15, 0.2) is 23.1 Å². The third-order valence-corrected chi connectivity index (χ3v) is 8.72. The van der Waals surface area contributed by atoms with Gasteiger partial charge in [0.2, 0.25) is 0 Å². The summed E-state index contributed by atoms with van der Waals surface area (Å²) < 4.78 is 35.4. The minimum Gasteiger partial charge on any atom is -0.493 e. The number of thioether (sulfide) groups is 1. The van der Waals surface area contributed by atoms with Crippen molar-refractivity contribution >= 4 is 50.1 Å². The van der Waals surface area contributed by atoms with Crippen LogP contribution >= 0.6 is 24.0 Å². The molecule has 0 spiro atoms. The van der Waals surface area contributed by atoms with Crippen LogP contribution in [0, 0.1) is 0 Å². The van der Waals surface area contributed by atoms with E-state index in [4.69, 9.17) is 21.7 Å². The maximum atomic E-state index is 12.9. The molecule has 2 aliphatic heterocycles. The molecule has 0 saturated carbocycles. The highest BCUT2D eigenvalue weighted by Gasteiger charge is 2.42. The third kappa shape index (κ3) is 6.48. The van der Waals surface area contributed by atoms with Crippen molar-refractivity contribution in [2.45, 2.75) is 57.9 Å². The summed E-state index contributed by atoms with van der Waals surface area (Å²) in [7, 11) is -1.50. The molecule has 0 radical (unpaired) electrons. The van der Waals surface area contributed by atoms with Gasteiger partial charge in [-0.05, 0) is 36.6 Å². The number of hydrogen-bond acceptors (Lipinski definition) is 7. The molecule has 2 saturated heterocycles. The van der Waals surface area contributed by atoms with Crippen molar-refractivity contribution < 1.29 is 22.7 Å². The maximum Gasteiger partial charge on any atom is 0.266 e. The highest BCUT2D eigenvalue weighted by molar-refractivity contribution is 8.26. The number of ether oxygens (including phenoxy) is 2. The second-order valence-electron chi connectivity index (χ2n) is 8.14. The lowest BCUT2D eigenvalue weighted by atomic mass is 10.1. The highest BCUT2D eigenvalue weighted by atomic mass is 32.2. The number of nitrogens with zero attached hydrogens (tertiary/aromatic N) is 1. The lowest BCUT2D eigenvalue weighted by Gasteiger charge is -2.20. The van der Waals surface area contributed by atoms with Gasteiger partial charge in [-0.1, -0.05) is 69.1 Å². The molecule has 2 aliphatic rings. The molecule has 0 N–H and O–H groups in total. The molecule has 0 bridgehead atoms. The molecule has 176 valence electrons. The minimum absolute atomic E-state index is 0.0226. The zero-order valence-electron chi connectivity index (χ0n) is 18.7. The Morgan fingerprint density at radius 2 is 1.94 bits per heavy atom. The molecule has 3 rings (SSSR count). The van der Waals surface area contributed by atoms with E-state index < -0.39 is 9.84 Å². The largest absolute Gasteiger partial charge is 0.493 e. The first kappa shape index (κ1) is 25.1. The van der Waals surface area contributed by atoms with E-state index in [1.807, 2.05) is 18.2 Å². The van der Waals surface area contributed by atoms with Gasteiger partial charge in [0.1, 0.15) is 4.32 Å². The molecule has 32 heavy (non-hydrogen) atoms. The summed E-state index contributed by atoms with van der Waals surface area (Å²) in [6.45, 7) is 2.85. The van der Waals surface area contributed by atoms with Crippen LogP contribution < -0.4 is 9.47 Å². The fraction of sp³-hybridized carbons (Fsp3) is 0.565. The van der Waals surface area contributed by atoms with E-state index in [-0.39, 0.29) is 23.5 Å². The molecule has 2 fully saturated rings. The Morgan fingerprint density at radius 1 is 1.19 bits per heavy atom. The normalized spacial score (nSPS) is 21.5. The first-order chi connectivity index (χ1) is 15.3.